The molecule has 0 saturated heterocycles. The van der Waals surface area contributed by atoms with Crippen LogP contribution >= 0.6 is 11.3 Å². The molecule has 0 spiro atoms. The Bertz CT molecular complexity index is 495. The maximum Gasteiger partial charge on any atom is 0.263 e. The molecule has 0 saturated carbocycles. The standard InChI is InChI=1S/C13H22N4O2S/c1-5-7(6-2)17-13-8(11(18)15-3)9(14)10(20-13)12(19)16-4/h7,17H,5-6,14H2,1-4H3,(H,15,18)(H,16,19). The highest BCUT2D eigenvalue weighted by Crippen LogP contribution is 2.36. The van der Waals surface area contributed by atoms with Gasteiger partial charge in [0.05, 0.1) is 11.3 Å². The molecule has 1 aromatic rings. The first kappa shape index (κ1) is 16.3. The number of hydrogen-bond acceptors (Lipinski definition) is 5. The van der Waals surface area contributed by atoms with E-state index in [0.717, 1.165) is 12.8 Å². The highest BCUT2D eigenvalue weighted by atomic mass is 32.1. The summed E-state index contributed by atoms with van der Waals surface area (Å²) in [5.41, 5.74) is 6.54. The van der Waals surface area contributed by atoms with Crippen LogP contribution in [0.1, 0.15) is 46.7 Å². The molecule has 1 heterocycles. The second-order valence-corrected chi connectivity index (χ2v) is 5.39. The maximum absolute atomic E-state index is 12.0. The van der Waals surface area contributed by atoms with E-state index in [1.165, 1.54) is 18.4 Å². The summed E-state index contributed by atoms with van der Waals surface area (Å²) in [6, 6.07) is 0.244. The molecule has 0 bridgehead atoms. The van der Waals surface area contributed by atoms with Crippen LogP contribution in [0.25, 0.3) is 0 Å². The first-order chi connectivity index (χ1) is 9.49. The number of nitrogens with one attached hydrogen (secondary N) is 3. The second-order valence-electron chi connectivity index (χ2n) is 4.36. The lowest BCUT2D eigenvalue weighted by atomic mass is 10.1. The minimum absolute atomic E-state index is 0.224. The molecule has 0 aliphatic heterocycles. The molecule has 20 heavy (non-hydrogen) atoms. The molecule has 1 aromatic heterocycles. The quantitative estimate of drug-likeness (QED) is 0.642. The zero-order valence-corrected chi connectivity index (χ0v) is 13.1. The molecule has 2 amide bonds. The molecule has 0 unspecified atom stereocenters. The Kier molecular flexibility index (Phi) is 5.82. The van der Waals surface area contributed by atoms with Crippen LogP contribution in [-0.2, 0) is 0 Å². The van der Waals surface area contributed by atoms with Gasteiger partial charge in [0.25, 0.3) is 11.8 Å². The molecule has 5 N–H and O–H groups in total. The Balaban J connectivity index is 3.26. The fraction of sp³-hybridized carbons (Fsp3) is 0.538. The van der Waals surface area contributed by atoms with E-state index in [1.54, 1.807) is 7.05 Å². The number of amides is 2. The fourth-order valence-electron chi connectivity index (χ4n) is 1.86. The Morgan fingerprint density at radius 3 is 2.15 bits per heavy atom. The monoisotopic (exact) mass is 298 g/mol. The molecule has 0 fully saturated rings. The number of carbonyl (C=O) groups is 2. The number of nitrogen functional groups attached to an aromatic ring is 1. The van der Waals surface area contributed by atoms with Gasteiger partial charge in [0, 0.05) is 20.1 Å². The average molecular weight is 298 g/mol. The Hall–Kier alpha value is -1.76. The van der Waals surface area contributed by atoms with Crippen molar-refractivity contribution in [1.82, 2.24) is 10.6 Å². The smallest absolute Gasteiger partial charge is 0.263 e. The molecule has 0 aromatic carbocycles. The van der Waals surface area contributed by atoms with E-state index in [4.69, 9.17) is 5.73 Å². The van der Waals surface area contributed by atoms with Crippen molar-refractivity contribution in [3.63, 3.8) is 0 Å². The van der Waals surface area contributed by atoms with Gasteiger partial charge in [0.15, 0.2) is 0 Å². The third-order valence-corrected chi connectivity index (χ3v) is 4.29. The van der Waals surface area contributed by atoms with Crippen LogP contribution in [0.15, 0.2) is 0 Å². The molecule has 112 valence electrons. The van der Waals surface area contributed by atoms with Gasteiger partial charge in [-0.15, -0.1) is 11.3 Å². The summed E-state index contributed by atoms with van der Waals surface area (Å²) in [7, 11) is 3.08. The zero-order valence-electron chi connectivity index (χ0n) is 12.3. The first-order valence-corrected chi connectivity index (χ1v) is 7.44. The van der Waals surface area contributed by atoms with Crippen molar-refractivity contribution < 1.29 is 9.59 Å². The van der Waals surface area contributed by atoms with Crippen molar-refractivity contribution in [3.05, 3.63) is 10.4 Å². The van der Waals surface area contributed by atoms with Gasteiger partial charge >= 0.3 is 0 Å². The number of nitrogens with two attached hydrogens (primary N) is 1. The van der Waals surface area contributed by atoms with E-state index in [2.05, 4.69) is 29.8 Å². The fourth-order valence-corrected chi connectivity index (χ4v) is 3.00. The summed E-state index contributed by atoms with van der Waals surface area (Å²) in [4.78, 5) is 24.1. The summed E-state index contributed by atoms with van der Waals surface area (Å²) in [6.07, 6.45) is 1.85. The van der Waals surface area contributed by atoms with Gasteiger partial charge in [-0.2, -0.15) is 0 Å². The highest BCUT2D eigenvalue weighted by Gasteiger charge is 2.25. The van der Waals surface area contributed by atoms with Crippen LogP contribution in [0.2, 0.25) is 0 Å². The first-order valence-electron chi connectivity index (χ1n) is 6.62. The van der Waals surface area contributed by atoms with Gasteiger partial charge in [-0.1, -0.05) is 13.8 Å². The predicted octanol–water partition coefficient (Wildman–Crippen LogP) is 1.65. The van der Waals surface area contributed by atoms with Crippen LogP contribution < -0.4 is 21.7 Å². The summed E-state index contributed by atoms with van der Waals surface area (Å²) < 4.78 is 0. The Morgan fingerprint density at radius 1 is 1.15 bits per heavy atom. The number of carbonyl (C=O) groups excluding carboxylic acids is 2. The molecule has 0 atom stereocenters. The third kappa shape index (κ3) is 3.22. The van der Waals surface area contributed by atoms with Gasteiger partial charge in [0.1, 0.15) is 9.88 Å². The van der Waals surface area contributed by atoms with Gasteiger partial charge in [0.2, 0.25) is 0 Å². The molecule has 1 rings (SSSR count). The van der Waals surface area contributed by atoms with Crippen LogP contribution in [-0.4, -0.2) is 32.0 Å². The molecule has 6 nitrogen and oxygen atoms in total. The van der Waals surface area contributed by atoms with E-state index in [9.17, 15) is 9.59 Å². The minimum atomic E-state index is -0.289. The molecular weight excluding hydrogens is 276 g/mol. The molecule has 0 aliphatic rings. The largest absolute Gasteiger partial charge is 0.397 e. The van der Waals surface area contributed by atoms with Gasteiger partial charge in [-0.3, -0.25) is 9.59 Å². The lowest BCUT2D eigenvalue weighted by Gasteiger charge is -2.15. The third-order valence-electron chi connectivity index (χ3n) is 3.15. The highest BCUT2D eigenvalue weighted by molar-refractivity contribution is 7.19. The van der Waals surface area contributed by atoms with Crippen LogP contribution in [0, 0.1) is 0 Å². The van der Waals surface area contributed by atoms with Crippen LogP contribution in [0.4, 0.5) is 10.7 Å². The van der Waals surface area contributed by atoms with Crippen molar-refractivity contribution in [3.8, 4) is 0 Å². The van der Waals surface area contributed by atoms with Crippen molar-refractivity contribution in [2.45, 2.75) is 32.7 Å². The molecule has 0 aliphatic carbocycles. The van der Waals surface area contributed by atoms with Gasteiger partial charge < -0.3 is 21.7 Å². The Labute approximate surface area is 123 Å². The summed E-state index contributed by atoms with van der Waals surface area (Å²) >= 11 is 1.21. The van der Waals surface area contributed by atoms with Crippen molar-refractivity contribution >= 4 is 33.8 Å². The van der Waals surface area contributed by atoms with Crippen molar-refractivity contribution in [1.29, 1.82) is 0 Å². The summed E-state index contributed by atoms with van der Waals surface area (Å²) in [6.45, 7) is 4.13. The van der Waals surface area contributed by atoms with Gasteiger partial charge in [-0.05, 0) is 12.8 Å². The Morgan fingerprint density at radius 2 is 1.70 bits per heavy atom. The van der Waals surface area contributed by atoms with E-state index in [1.807, 2.05) is 0 Å². The number of anilines is 2. The van der Waals surface area contributed by atoms with E-state index in [0.29, 0.717) is 15.4 Å². The van der Waals surface area contributed by atoms with Crippen LogP contribution in [0.3, 0.4) is 0 Å². The van der Waals surface area contributed by atoms with Crippen molar-refractivity contribution in [2.75, 3.05) is 25.1 Å². The number of rotatable bonds is 6. The second kappa shape index (κ2) is 7.14. The zero-order chi connectivity index (χ0) is 15.3. The van der Waals surface area contributed by atoms with Crippen LogP contribution in [0.5, 0.6) is 0 Å². The van der Waals surface area contributed by atoms with Gasteiger partial charge in [-0.25, -0.2) is 0 Å². The van der Waals surface area contributed by atoms with E-state index < -0.39 is 0 Å². The summed E-state index contributed by atoms with van der Waals surface area (Å²) in [5.74, 6) is -0.572. The van der Waals surface area contributed by atoms with E-state index in [-0.39, 0.29) is 23.5 Å². The minimum Gasteiger partial charge on any atom is -0.397 e. The maximum atomic E-state index is 12.0. The normalized spacial score (nSPS) is 10.4. The predicted molar refractivity (Wildman–Crippen MR) is 83.5 cm³/mol. The lowest BCUT2D eigenvalue weighted by molar-refractivity contribution is 0.0963. The number of hydrogen-bond donors (Lipinski definition) is 4. The summed E-state index contributed by atoms with van der Waals surface area (Å²) in [5, 5.41) is 9.04. The SMILES string of the molecule is CCC(CC)Nc1sc(C(=O)NC)c(N)c1C(=O)NC. The van der Waals surface area contributed by atoms with E-state index >= 15 is 0 Å². The topological polar surface area (TPSA) is 96.2 Å². The average Bonchev–Trinajstić information content (AvgIpc) is 2.79. The number of thiophene rings is 1. The van der Waals surface area contributed by atoms with Crippen molar-refractivity contribution in [2.24, 2.45) is 0 Å². The molecule has 0 radical (unpaired) electrons. The molecule has 7 heteroatoms. The molecular formula is C13H22N4O2S. The lowest BCUT2D eigenvalue weighted by Crippen LogP contribution is -2.23.